The lowest BCUT2D eigenvalue weighted by molar-refractivity contribution is -0.118. The maximum absolute atomic E-state index is 12.1. The van der Waals surface area contributed by atoms with E-state index in [-0.39, 0.29) is 12.5 Å². The quantitative estimate of drug-likeness (QED) is 0.556. The third-order valence-corrected chi connectivity index (χ3v) is 4.50. The lowest BCUT2D eigenvalue weighted by Crippen LogP contribution is -2.20. The molecule has 0 spiro atoms. The van der Waals surface area contributed by atoms with Crippen molar-refractivity contribution in [3.63, 3.8) is 0 Å². The monoisotopic (exact) mass is 371 g/mol. The molecule has 0 bridgehead atoms. The number of imidazole rings is 1. The van der Waals surface area contributed by atoms with Gasteiger partial charge in [-0.15, -0.1) is 0 Å². The molecule has 2 heterocycles. The number of carbonyl (C=O) groups excluding carboxylic acids is 1. The first kappa shape index (κ1) is 17.8. The predicted octanol–water partition coefficient (Wildman–Crippen LogP) is 4.64. The first-order chi connectivity index (χ1) is 13.6. The number of hydrogen-bond donors (Lipinski definition) is 1. The van der Waals surface area contributed by atoms with E-state index in [1.165, 1.54) is 0 Å². The van der Waals surface area contributed by atoms with Crippen molar-refractivity contribution in [1.29, 1.82) is 0 Å². The zero-order valence-electron chi connectivity index (χ0n) is 15.8. The van der Waals surface area contributed by atoms with Gasteiger partial charge in [0, 0.05) is 23.6 Å². The van der Waals surface area contributed by atoms with Gasteiger partial charge < -0.3 is 14.5 Å². The van der Waals surface area contributed by atoms with Gasteiger partial charge in [0.1, 0.15) is 11.4 Å². The molecular weight excluding hydrogens is 350 g/mol. The second kappa shape index (κ2) is 7.56. The van der Waals surface area contributed by atoms with Crippen LogP contribution in [0.2, 0.25) is 0 Å². The summed E-state index contributed by atoms with van der Waals surface area (Å²) in [5.41, 5.74) is 5.79. The minimum atomic E-state index is -0.197. The molecule has 0 aliphatic carbocycles. The van der Waals surface area contributed by atoms with Crippen molar-refractivity contribution >= 4 is 17.2 Å². The zero-order valence-corrected chi connectivity index (χ0v) is 15.8. The molecular formula is C23H21N3O2. The molecule has 140 valence electrons. The summed E-state index contributed by atoms with van der Waals surface area (Å²) < 4.78 is 7.55. The molecule has 4 aromatic rings. The minimum absolute atomic E-state index is 0.0308. The second-order valence-electron chi connectivity index (χ2n) is 6.78. The largest absolute Gasteiger partial charge is 0.484 e. The van der Waals surface area contributed by atoms with Crippen LogP contribution in [-0.4, -0.2) is 21.9 Å². The van der Waals surface area contributed by atoms with Gasteiger partial charge in [-0.3, -0.25) is 4.79 Å². The molecule has 1 amide bonds. The summed E-state index contributed by atoms with van der Waals surface area (Å²) in [6, 6.07) is 19.3. The number of amides is 1. The van der Waals surface area contributed by atoms with Crippen molar-refractivity contribution in [1.82, 2.24) is 9.38 Å². The molecule has 2 aromatic heterocycles. The van der Waals surface area contributed by atoms with Crippen LogP contribution in [0.25, 0.3) is 16.9 Å². The van der Waals surface area contributed by atoms with Crippen molar-refractivity contribution < 1.29 is 9.53 Å². The third-order valence-electron chi connectivity index (χ3n) is 4.50. The van der Waals surface area contributed by atoms with Gasteiger partial charge in [-0.25, -0.2) is 4.98 Å². The fourth-order valence-corrected chi connectivity index (χ4v) is 3.07. The van der Waals surface area contributed by atoms with Gasteiger partial charge in [-0.05, 0) is 55.3 Å². The highest BCUT2D eigenvalue weighted by Gasteiger charge is 2.08. The summed E-state index contributed by atoms with van der Waals surface area (Å²) in [6.45, 7) is 4.00. The smallest absolute Gasteiger partial charge is 0.262 e. The van der Waals surface area contributed by atoms with Crippen molar-refractivity contribution in [2.75, 3.05) is 11.9 Å². The van der Waals surface area contributed by atoms with Crippen LogP contribution in [0.3, 0.4) is 0 Å². The predicted molar refractivity (Wildman–Crippen MR) is 111 cm³/mol. The fraction of sp³-hybridized carbons (Fsp3) is 0.130. The van der Waals surface area contributed by atoms with E-state index >= 15 is 0 Å². The summed E-state index contributed by atoms with van der Waals surface area (Å²) in [6.07, 6.45) is 3.99. The number of hydrogen-bond acceptors (Lipinski definition) is 3. The Balaban J connectivity index is 1.41. The summed E-state index contributed by atoms with van der Waals surface area (Å²) >= 11 is 0. The molecule has 0 fully saturated rings. The number of ether oxygens (including phenoxy) is 1. The Morgan fingerprint density at radius 3 is 2.64 bits per heavy atom. The molecule has 1 N–H and O–H groups in total. The highest BCUT2D eigenvalue weighted by Crippen LogP contribution is 2.22. The lowest BCUT2D eigenvalue weighted by atomic mass is 10.1. The molecule has 0 atom stereocenters. The topological polar surface area (TPSA) is 55.6 Å². The van der Waals surface area contributed by atoms with Crippen molar-refractivity contribution in [3.8, 4) is 17.0 Å². The Morgan fingerprint density at radius 2 is 1.89 bits per heavy atom. The van der Waals surface area contributed by atoms with Gasteiger partial charge in [0.15, 0.2) is 6.61 Å². The maximum Gasteiger partial charge on any atom is 0.262 e. The maximum atomic E-state index is 12.1. The highest BCUT2D eigenvalue weighted by atomic mass is 16.5. The number of benzene rings is 2. The number of pyridine rings is 1. The van der Waals surface area contributed by atoms with E-state index < -0.39 is 0 Å². The van der Waals surface area contributed by atoms with Gasteiger partial charge in [0.25, 0.3) is 5.91 Å². The van der Waals surface area contributed by atoms with Gasteiger partial charge in [0.2, 0.25) is 0 Å². The molecule has 0 saturated heterocycles. The third kappa shape index (κ3) is 3.88. The number of fused-ring (bicyclic) bond motifs is 1. The van der Waals surface area contributed by atoms with E-state index in [2.05, 4.69) is 5.32 Å². The molecule has 0 aliphatic heterocycles. The fourth-order valence-electron chi connectivity index (χ4n) is 3.07. The summed E-state index contributed by atoms with van der Waals surface area (Å²) in [5, 5.41) is 2.85. The Labute approximate surface area is 163 Å². The van der Waals surface area contributed by atoms with E-state index in [1.807, 2.05) is 91.3 Å². The van der Waals surface area contributed by atoms with Crippen molar-refractivity contribution in [2.24, 2.45) is 0 Å². The van der Waals surface area contributed by atoms with Crippen LogP contribution in [-0.2, 0) is 4.79 Å². The standard InChI is InChI=1S/C23H21N3O2/c1-16-5-3-7-20(13-16)28-15-22(27)24-19-10-8-18(9-11-19)21-14-26-12-4-6-17(2)23(26)25-21/h3-14H,15H2,1-2H3,(H,24,27). The van der Waals surface area contributed by atoms with Crippen LogP contribution in [0.5, 0.6) is 5.75 Å². The highest BCUT2D eigenvalue weighted by molar-refractivity contribution is 5.92. The molecule has 0 unspecified atom stereocenters. The molecule has 4 rings (SSSR count). The van der Waals surface area contributed by atoms with E-state index in [4.69, 9.17) is 9.72 Å². The van der Waals surface area contributed by atoms with Crippen LogP contribution in [0.4, 0.5) is 5.69 Å². The van der Waals surface area contributed by atoms with Crippen LogP contribution in [0.1, 0.15) is 11.1 Å². The van der Waals surface area contributed by atoms with Crippen molar-refractivity contribution in [3.05, 3.63) is 84.2 Å². The molecule has 5 nitrogen and oxygen atoms in total. The van der Waals surface area contributed by atoms with E-state index in [1.54, 1.807) is 0 Å². The van der Waals surface area contributed by atoms with Gasteiger partial charge in [-0.2, -0.15) is 0 Å². The molecule has 28 heavy (non-hydrogen) atoms. The number of aryl methyl sites for hydroxylation is 2. The minimum Gasteiger partial charge on any atom is -0.484 e. The SMILES string of the molecule is Cc1cccc(OCC(=O)Nc2ccc(-c3cn4cccc(C)c4n3)cc2)c1. The van der Waals surface area contributed by atoms with Gasteiger partial charge in [0.05, 0.1) is 5.69 Å². The Kier molecular flexibility index (Phi) is 4.81. The zero-order chi connectivity index (χ0) is 19.5. The Morgan fingerprint density at radius 1 is 1.07 bits per heavy atom. The molecule has 0 aliphatic rings. The average Bonchev–Trinajstić information content (AvgIpc) is 3.13. The van der Waals surface area contributed by atoms with E-state index in [9.17, 15) is 4.79 Å². The van der Waals surface area contributed by atoms with E-state index in [0.717, 1.165) is 33.7 Å². The van der Waals surface area contributed by atoms with Crippen molar-refractivity contribution in [2.45, 2.75) is 13.8 Å². The average molecular weight is 371 g/mol. The number of nitrogens with zero attached hydrogens (tertiary/aromatic N) is 2. The number of aromatic nitrogens is 2. The summed E-state index contributed by atoms with van der Waals surface area (Å²) in [4.78, 5) is 16.8. The lowest BCUT2D eigenvalue weighted by Gasteiger charge is -2.08. The first-order valence-electron chi connectivity index (χ1n) is 9.12. The van der Waals surface area contributed by atoms with Gasteiger partial charge >= 0.3 is 0 Å². The van der Waals surface area contributed by atoms with Crippen LogP contribution >= 0.6 is 0 Å². The number of anilines is 1. The Bertz CT molecular complexity index is 1130. The van der Waals surface area contributed by atoms with Gasteiger partial charge in [-0.1, -0.05) is 30.3 Å². The number of nitrogens with one attached hydrogen (secondary N) is 1. The van der Waals surface area contributed by atoms with Crippen LogP contribution in [0, 0.1) is 13.8 Å². The number of carbonyl (C=O) groups is 1. The molecule has 2 aromatic carbocycles. The second-order valence-corrected chi connectivity index (χ2v) is 6.78. The van der Waals surface area contributed by atoms with Crippen LogP contribution in [0.15, 0.2) is 73.1 Å². The van der Waals surface area contributed by atoms with Crippen LogP contribution < -0.4 is 10.1 Å². The summed E-state index contributed by atoms with van der Waals surface area (Å²) in [5.74, 6) is 0.491. The number of rotatable bonds is 5. The summed E-state index contributed by atoms with van der Waals surface area (Å²) in [7, 11) is 0. The van der Waals surface area contributed by atoms with E-state index in [0.29, 0.717) is 5.75 Å². The Hall–Kier alpha value is -3.60. The first-order valence-corrected chi connectivity index (χ1v) is 9.12. The normalized spacial score (nSPS) is 10.8. The molecule has 0 saturated carbocycles. The molecule has 0 radical (unpaired) electrons. The molecule has 5 heteroatoms.